The maximum atomic E-state index is 5.39. The standard InChI is InChI=1S/C19H29N5O3.HI/c1-14-11-23-24(13-14)8-6-7-21-19(20-2)22-12-15-9-16(25-3)18(27-5)17(10-15)26-4;/h9-11,13H,6-8,12H2,1-5H3,(H2,20,21,22);1H. The van der Waals surface area contributed by atoms with Crippen molar-refractivity contribution in [2.75, 3.05) is 34.9 Å². The van der Waals surface area contributed by atoms with Crippen LogP contribution in [0.4, 0.5) is 0 Å². The Morgan fingerprint density at radius 1 is 1.11 bits per heavy atom. The Morgan fingerprint density at radius 2 is 1.79 bits per heavy atom. The van der Waals surface area contributed by atoms with E-state index in [9.17, 15) is 0 Å². The van der Waals surface area contributed by atoms with Crippen molar-refractivity contribution >= 4 is 29.9 Å². The average molecular weight is 503 g/mol. The molecule has 2 rings (SSSR count). The number of halogens is 1. The molecule has 8 nitrogen and oxygen atoms in total. The third-order valence-electron chi connectivity index (χ3n) is 4.03. The number of hydrogen-bond acceptors (Lipinski definition) is 5. The minimum atomic E-state index is 0. The second-order valence-electron chi connectivity index (χ2n) is 6.02. The number of aromatic nitrogens is 2. The molecular weight excluding hydrogens is 473 g/mol. The molecule has 0 unspecified atom stereocenters. The highest BCUT2D eigenvalue weighted by molar-refractivity contribution is 14.0. The van der Waals surface area contributed by atoms with Gasteiger partial charge in [0.05, 0.1) is 27.5 Å². The second kappa shape index (κ2) is 12.3. The van der Waals surface area contributed by atoms with Gasteiger partial charge in [0.15, 0.2) is 17.5 Å². The van der Waals surface area contributed by atoms with Crippen molar-refractivity contribution in [3.8, 4) is 17.2 Å². The topological polar surface area (TPSA) is 81.9 Å². The summed E-state index contributed by atoms with van der Waals surface area (Å²) in [5.41, 5.74) is 2.17. The van der Waals surface area contributed by atoms with Crippen molar-refractivity contribution in [2.45, 2.75) is 26.4 Å². The number of aliphatic imine (C=N–C) groups is 1. The summed E-state index contributed by atoms with van der Waals surface area (Å²) in [5, 5.41) is 10.9. The Kier molecular flexibility index (Phi) is 10.5. The number of nitrogens with one attached hydrogen (secondary N) is 2. The van der Waals surface area contributed by atoms with E-state index in [2.05, 4.69) is 20.7 Å². The van der Waals surface area contributed by atoms with E-state index in [0.29, 0.717) is 23.8 Å². The number of rotatable bonds is 9. The van der Waals surface area contributed by atoms with Gasteiger partial charge in [0.1, 0.15) is 0 Å². The number of hydrogen-bond donors (Lipinski definition) is 2. The van der Waals surface area contributed by atoms with Crippen LogP contribution < -0.4 is 24.8 Å². The molecule has 0 amide bonds. The van der Waals surface area contributed by atoms with Gasteiger partial charge in [0.2, 0.25) is 5.75 Å². The monoisotopic (exact) mass is 503 g/mol. The summed E-state index contributed by atoms with van der Waals surface area (Å²) in [6.07, 6.45) is 4.86. The van der Waals surface area contributed by atoms with Crippen molar-refractivity contribution in [1.82, 2.24) is 20.4 Å². The van der Waals surface area contributed by atoms with E-state index in [0.717, 1.165) is 31.0 Å². The van der Waals surface area contributed by atoms with E-state index in [1.54, 1.807) is 28.4 Å². The first-order valence-corrected chi connectivity index (χ1v) is 8.83. The van der Waals surface area contributed by atoms with Gasteiger partial charge in [0.25, 0.3) is 0 Å². The highest BCUT2D eigenvalue weighted by Crippen LogP contribution is 2.38. The fourth-order valence-electron chi connectivity index (χ4n) is 2.68. The summed E-state index contributed by atoms with van der Waals surface area (Å²) >= 11 is 0. The zero-order valence-corrected chi connectivity index (χ0v) is 19.4. The van der Waals surface area contributed by atoms with Crippen molar-refractivity contribution in [2.24, 2.45) is 4.99 Å². The number of benzene rings is 1. The van der Waals surface area contributed by atoms with Gasteiger partial charge in [0, 0.05) is 32.9 Å². The summed E-state index contributed by atoms with van der Waals surface area (Å²) in [6.45, 7) is 4.28. The van der Waals surface area contributed by atoms with Crippen molar-refractivity contribution in [3.63, 3.8) is 0 Å². The molecular formula is C19H30IN5O3. The third-order valence-corrected chi connectivity index (χ3v) is 4.03. The molecule has 0 bridgehead atoms. The fourth-order valence-corrected chi connectivity index (χ4v) is 2.68. The summed E-state index contributed by atoms with van der Waals surface area (Å²) in [5.74, 6) is 2.58. The van der Waals surface area contributed by atoms with Crippen LogP contribution >= 0.6 is 24.0 Å². The third kappa shape index (κ3) is 6.77. The van der Waals surface area contributed by atoms with E-state index < -0.39 is 0 Å². The first-order chi connectivity index (χ1) is 13.1. The molecule has 156 valence electrons. The molecule has 28 heavy (non-hydrogen) atoms. The molecule has 2 aromatic rings. The van der Waals surface area contributed by atoms with Crippen LogP contribution in [0.5, 0.6) is 17.2 Å². The lowest BCUT2D eigenvalue weighted by atomic mass is 10.2. The fraction of sp³-hybridized carbons (Fsp3) is 0.474. The lowest BCUT2D eigenvalue weighted by Crippen LogP contribution is -2.37. The first-order valence-electron chi connectivity index (χ1n) is 8.83. The Bertz CT molecular complexity index is 739. The second-order valence-corrected chi connectivity index (χ2v) is 6.02. The lowest BCUT2D eigenvalue weighted by Gasteiger charge is -2.16. The van der Waals surface area contributed by atoms with Gasteiger partial charge in [-0.1, -0.05) is 0 Å². The van der Waals surface area contributed by atoms with Crippen LogP contribution in [0.25, 0.3) is 0 Å². The Labute approximate surface area is 183 Å². The molecule has 0 spiro atoms. The van der Waals surface area contributed by atoms with Crippen molar-refractivity contribution in [1.29, 1.82) is 0 Å². The minimum Gasteiger partial charge on any atom is -0.493 e. The number of guanidine groups is 1. The van der Waals surface area contributed by atoms with Crippen LogP contribution in [0.1, 0.15) is 17.5 Å². The molecule has 2 N–H and O–H groups in total. The molecule has 0 aliphatic heterocycles. The van der Waals surface area contributed by atoms with Crippen LogP contribution in [-0.2, 0) is 13.1 Å². The molecule has 0 saturated heterocycles. The van der Waals surface area contributed by atoms with Gasteiger partial charge in [-0.3, -0.25) is 9.67 Å². The molecule has 0 radical (unpaired) electrons. The predicted molar refractivity (Wildman–Crippen MR) is 121 cm³/mol. The molecule has 0 fully saturated rings. The summed E-state index contributed by atoms with van der Waals surface area (Å²) in [6, 6.07) is 3.84. The zero-order chi connectivity index (χ0) is 19.6. The quantitative estimate of drug-likeness (QED) is 0.237. The molecule has 1 aromatic heterocycles. The Hall–Kier alpha value is -2.17. The zero-order valence-electron chi connectivity index (χ0n) is 17.1. The molecule has 0 aliphatic carbocycles. The smallest absolute Gasteiger partial charge is 0.203 e. The highest BCUT2D eigenvalue weighted by atomic mass is 127. The maximum absolute atomic E-state index is 5.39. The van der Waals surface area contributed by atoms with Gasteiger partial charge >= 0.3 is 0 Å². The predicted octanol–water partition coefficient (Wildman–Crippen LogP) is 2.59. The average Bonchev–Trinajstić information content (AvgIpc) is 3.11. The van der Waals surface area contributed by atoms with Crippen LogP contribution in [0.15, 0.2) is 29.5 Å². The van der Waals surface area contributed by atoms with Gasteiger partial charge in [-0.2, -0.15) is 5.10 Å². The summed E-state index contributed by atoms with van der Waals surface area (Å²) in [4.78, 5) is 4.26. The van der Waals surface area contributed by atoms with E-state index in [1.807, 2.05) is 36.1 Å². The minimum absolute atomic E-state index is 0. The molecule has 1 aromatic carbocycles. The number of nitrogens with zero attached hydrogens (tertiary/aromatic N) is 3. The van der Waals surface area contributed by atoms with E-state index in [1.165, 1.54) is 5.56 Å². The van der Waals surface area contributed by atoms with Crippen LogP contribution in [0.3, 0.4) is 0 Å². The van der Waals surface area contributed by atoms with E-state index in [-0.39, 0.29) is 24.0 Å². The van der Waals surface area contributed by atoms with Crippen molar-refractivity contribution < 1.29 is 14.2 Å². The summed E-state index contributed by atoms with van der Waals surface area (Å²) < 4.78 is 18.1. The van der Waals surface area contributed by atoms with Gasteiger partial charge in [-0.25, -0.2) is 0 Å². The van der Waals surface area contributed by atoms with E-state index in [4.69, 9.17) is 14.2 Å². The van der Waals surface area contributed by atoms with Crippen LogP contribution in [0.2, 0.25) is 0 Å². The normalized spacial score (nSPS) is 10.8. The van der Waals surface area contributed by atoms with Gasteiger partial charge < -0.3 is 24.8 Å². The largest absolute Gasteiger partial charge is 0.493 e. The number of aryl methyl sites for hydroxylation is 2. The molecule has 1 heterocycles. The lowest BCUT2D eigenvalue weighted by molar-refractivity contribution is 0.323. The van der Waals surface area contributed by atoms with Gasteiger partial charge in [-0.15, -0.1) is 24.0 Å². The SMILES string of the molecule is CN=C(NCCCn1cc(C)cn1)NCc1cc(OC)c(OC)c(OC)c1.I. The van der Waals surface area contributed by atoms with Crippen LogP contribution in [-0.4, -0.2) is 50.7 Å². The van der Waals surface area contributed by atoms with Crippen LogP contribution in [0, 0.1) is 6.92 Å². The highest BCUT2D eigenvalue weighted by Gasteiger charge is 2.13. The Balaban J connectivity index is 0.00000392. The Morgan fingerprint density at radius 3 is 2.29 bits per heavy atom. The maximum Gasteiger partial charge on any atom is 0.203 e. The number of ether oxygens (including phenoxy) is 3. The van der Waals surface area contributed by atoms with Crippen molar-refractivity contribution in [3.05, 3.63) is 35.7 Å². The molecule has 9 heteroatoms. The van der Waals surface area contributed by atoms with Gasteiger partial charge in [-0.05, 0) is 36.6 Å². The molecule has 0 aliphatic rings. The number of methoxy groups -OCH3 is 3. The first kappa shape index (κ1) is 23.9. The molecule has 0 atom stereocenters. The summed E-state index contributed by atoms with van der Waals surface area (Å²) in [7, 11) is 6.56. The molecule has 0 saturated carbocycles. The van der Waals surface area contributed by atoms with E-state index >= 15 is 0 Å².